The molecule has 3 radical (unpaired) electrons. The van der Waals surface area contributed by atoms with Crippen molar-refractivity contribution in [2.45, 2.75) is 114 Å². The van der Waals surface area contributed by atoms with Gasteiger partial charge in [-0.15, -0.1) is 173 Å². The molecule has 0 aliphatic carbocycles. The molecule has 0 aliphatic rings. The Morgan fingerprint density at radius 1 is 0.382 bits per heavy atom. The summed E-state index contributed by atoms with van der Waals surface area (Å²) in [5.74, 6) is 0.613. The van der Waals surface area contributed by atoms with Gasteiger partial charge in [-0.2, -0.15) is 11.3 Å². The summed E-state index contributed by atoms with van der Waals surface area (Å²) in [4.78, 5) is 27.0. The standard InChI is InChI=1S/C30H31N2Si.C21H20NOSi.C21H20NSSi.3C12H10N.3Ir/c1-21(2)17-23-18-27(31-20-30(23)33(3,4)5)22-15-16-26-25-13-9-10-14-28(25)32(29(26)19-22)24-11-7-6-8-12-24;1-14-12-18(22-13-20(14)24(2,3)4)17-10-7-9-16-15-8-5-6-11-19(15)23-21(16)17;1-14-11-18(22-13-21(14)24(2,3)4)15-9-10-17-16-7-5-6-8-19(16)23-20(17)12-15;1-10-6-5-9-13-12(10)11-7-3-2-4-8-11;1-10-7-8-13-12(9-10)11-5-3-2-4-6-11;1-10-7-8-12(13-9-10)11-5-3-2-4-6-11;;;/h6-14,16,18-21H,17H2,1-5H3;5-9,11-13H,1-4H3;5-8,10-13H,1-4H3;2-7,9H,1H3;2*2-5,7-9H,1H3;;;/q6*-1;;;/i;;;1D3;;1D3;;;. The van der Waals surface area contributed by atoms with E-state index in [1.807, 2.05) is 109 Å². The van der Waals surface area contributed by atoms with Gasteiger partial charge in [-0.25, -0.2) is 0 Å². The van der Waals surface area contributed by atoms with Crippen LogP contribution in [0.1, 0.15) is 55.5 Å². The predicted octanol–water partition coefficient (Wildman–Crippen LogP) is 27.0. The third kappa shape index (κ3) is 22.7. The summed E-state index contributed by atoms with van der Waals surface area (Å²) in [5, 5.41) is 11.7. The van der Waals surface area contributed by atoms with Crippen molar-refractivity contribution in [3.8, 4) is 73.2 Å². The van der Waals surface area contributed by atoms with E-state index in [-0.39, 0.29) is 71.4 Å². The summed E-state index contributed by atoms with van der Waals surface area (Å²) in [7, 11) is -4.18. The number of nitrogens with zero attached hydrogens (tertiary/aromatic N) is 7. The number of para-hydroxylation sites is 3. The quantitative estimate of drug-likeness (QED) is 0.0888. The van der Waals surface area contributed by atoms with Crippen LogP contribution in [0.4, 0.5) is 0 Å². The van der Waals surface area contributed by atoms with Gasteiger partial charge in [-0.1, -0.05) is 238 Å². The van der Waals surface area contributed by atoms with Gasteiger partial charge in [0.05, 0.1) is 29.8 Å². The zero-order valence-electron chi connectivity index (χ0n) is 77.6. The third-order valence-corrected chi connectivity index (χ3v) is 28.2. The molecule has 0 aliphatic heterocycles. The fourth-order valence-corrected chi connectivity index (χ4v) is 21.1. The number of benzene rings is 10. The Labute approximate surface area is 782 Å². The van der Waals surface area contributed by atoms with Crippen molar-refractivity contribution in [2.24, 2.45) is 5.92 Å². The summed E-state index contributed by atoms with van der Waals surface area (Å²) in [5.41, 5.74) is 22.0. The SMILES string of the molecule is CC(C)Cc1cc(-c2[c-]cc3c4ccccc4n(-c4ccccc4)c3c2)ncc1[Si](C)(C)C.Cc1cc(-c2[c-]cc3c(c2)sc2ccccc23)ncc1[Si](C)(C)C.Cc1cc(-c2[c-]ccc3c2oc2ccccc23)ncc1[Si](C)(C)C.Cc1ccnc(-c2[c-]cccc2)c1.[2H]C([2H])([2H])c1ccc(-c2[c-]cccc2)nc1.[2H]C([2H])([2H])c1cccnc1-c1[c-]cccc1.[Ir].[Ir].[Ir]. The largest absolute Gasteiger partial charge is 0.501 e. The van der Waals surface area contributed by atoms with Crippen LogP contribution >= 0.6 is 11.3 Å². The molecule has 0 amide bonds. The van der Waals surface area contributed by atoms with E-state index in [1.165, 1.54) is 91.7 Å². The Kier molecular flexibility index (Phi) is 28.8. The molecule has 0 saturated heterocycles. The first-order valence-electron chi connectivity index (χ1n) is 43.6. The van der Waals surface area contributed by atoms with Gasteiger partial charge >= 0.3 is 0 Å². The smallest absolute Gasteiger partial charge is 0.120 e. The molecular formula is C108H101Ir3N7OSSi3-6. The molecule has 0 bridgehead atoms. The van der Waals surface area contributed by atoms with E-state index >= 15 is 0 Å². The molecule has 8 nitrogen and oxygen atoms in total. The fraction of sp³-hybridized carbons (Fsp3) is 0.167. The molecule has 0 atom stereocenters. The number of aryl methyl sites for hydroxylation is 5. The summed E-state index contributed by atoms with van der Waals surface area (Å²) < 4.78 is 55.1. The van der Waals surface area contributed by atoms with Gasteiger partial charge in [-0.05, 0) is 166 Å². The van der Waals surface area contributed by atoms with Crippen LogP contribution in [-0.2, 0) is 66.7 Å². The second-order valence-corrected chi connectivity index (χ2v) is 49.7. The van der Waals surface area contributed by atoms with Crippen LogP contribution in [0.25, 0.3) is 137 Å². The van der Waals surface area contributed by atoms with Crippen molar-refractivity contribution >= 4 is 115 Å². The van der Waals surface area contributed by atoms with Crippen LogP contribution in [-0.4, -0.2) is 58.7 Å². The first kappa shape index (κ1) is 84.7. The van der Waals surface area contributed by atoms with E-state index in [1.54, 1.807) is 48.7 Å². The zero-order valence-corrected chi connectivity index (χ0v) is 82.6. The first-order valence-corrected chi connectivity index (χ1v) is 51.9. The number of furan rings is 1. The summed E-state index contributed by atoms with van der Waals surface area (Å²) in [6.07, 6.45) is 12.2. The van der Waals surface area contributed by atoms with Crippen molar-refractivity contribution in [3.05, 3.63) is 374 Å². The molecule has 0 spiro atoms. The fourth-order valence-electron chi connectivity index (χ4n) is 15.0. The van der Waals surface area contributed by atoms with Crippen LogP contribution in [0.2, 0.25) is 58.9 Å². The van der Waals surface area contributed by atoms with Crippen molar-refractivity contribution in [1.82, 2.24) is 34.5 Å². The van der Waals surface area contributed by atoms with Gasteiger partial charge in [-0.3, -0.25) is 0 Å². The van der Waals surface area contributed by atoms with E-state index in [0.29, 0.717) is 17.2 Å². The maximum Gasteiger partial charge on any atom is 0.120 e. The third-order valence-electron chi connectivity index (χ3n) is 20.8. The predicted molar refractivity (Wildman–Crippen MR) is 517 cm³/mol. The second kappa shape index (κ2) is 41.8. The van der Waals surface area contributed by atoms with E-state index < -0.39 is 37.9 Å². The second-order valence-electron chi connectivity index (χ2n) is 33.5. The molecule has 9 heterocycles. The molecule has 0 fully saturated rings. The van der Waals surface area contributed by atoms with Crippen LogP contribution in [0.15, 0.2) is 309 Å². The first-order chi connectivity index (χ1) is 60.2. The Morgan fingerprint density at radius 2 is 0.943 bits per heavy atom. The monoisotopic (exact) mass is 2210 g/mol. The molecule has 19 rings (SSSR count). The molecule has 9 aromatic heterocycles. The molecule has 10 aromatic carbocycles. The number of pyridine rings is 6. The minimum Gasteiger partial charge on any atom is -0.501 e. The zero-order chi connectivity index (χ0) is 89.2. The molecule has 15 heteroatoms. The van der Waals surface area contributed by atoms with Gasteiger partial charge in [0.2, 0.25) is 0 Å². The van der Waals surface area contributed by atoms with Gasteiger partial charge in [0.25, 0.3) is 0 Å². The van der Waals surface area contributed by atoms with E-state index in [4.69, 9.17) is 27.6 Å². The molecule has 123 heavy (non-hydrogen) atoms. The van der Waals surface area contributed by atoms with Gasteiger partial charge < -0.3 is 38.9 Å². The topological polar surface area (TPSA) is 95.4 Å². The van der Waals surface area contributed by atoms with E-state index in [9.17, 15) is 0 Å². The average Bonchev–Trinajstić information content (AvgIpc) is 1.59. The van der Waals surface area contributed by atoms with Crippen LogP contribution in [0.3, 0.4) is 0 Å². The van der Waals surface area contributed by atoms with Crippen molar-refractivity contribution in [2.75, 3.05) is 0 Å². The van der Waals surface area contributed by atoms with E-state index in [2.05, 4.69) is 301 Å². The van der Waals surface area contributed by atoms with Gasteiger partial charge in [0.15, 0.2) is 0 Å². The molecule has 19 aromatic rings. The van der Waals surface area contributed by atoms with Crippen molar-refractivity contribution in [3.63, 3.8) is 0 Å². The van der Waals surface area contributed by atoms with Crippen molar-refractivity contribution < 1.29 is 73.0 Å². The van der Waals surface area contributed by atoms with Crippen LogP contribution in [0, 0.1) is 76.8 Å². The van der Waals surface area contributed by atoms with Gasteiger partial charge in [0.1, 0.15) is 5.58 Å². The number of rotatable bonds is 12. The Bertz CT molecular complexity index is 7000. The molecule has 625 valence electrons. The summed E-state index contributed by atoms with van der Waals surface area (Å²) in [6.45, 7) is 28.2. The molecular weight excluding hydrogens is 2100 g/mol. The van der Waals surface area contributed by atoms with E-state index in [0.717, 1.165) is 84.6 Å². The Morgan fingerprint density at radius 3 is 1.56 bits per heavy atom. The average molecular weight is 2210 g/mol. The number of hydrogen-bond donors (Lipinski definition) is 0. The van der Waals surface area contributed by atoms with Crippen molar-refractivity contribution in [1.29, 1.82) is 0 Å². The van der Waals surface area contributed by atoms with Gasteiger partial charge in [0, 0.05) is 127 Å². The molecule has 0 N–H and O–H groups in total. The number of fused-ring (bicyclic) bond motifs is 9. The molecule has 0 saturated carbocycles. The number of thiophene rings is 1. The number of hydrogen-bond acceptors (Lipinski definition) is 8. The van der Waals surface area contributed by atoms with Crippen LogP contribution in [0.5, 0.6) is 0 Å². The summed E-state index contributed by atoms with van der Waals surface area (Å²) >= 11 is 1.84. The summed E-state index contributed by atoms with van der Waals surface area (Å²) in [6, 6.07) is 108. The maximum atomic E-state index is 7.44. The minimum atomic E-state index is -2.15. The maximum absolute atomic E-state index is 7.44. The minimum absolute atomic E-state index is 0. The molecule has 0 unspecified atom stereocenters. The number of aromatic nitrogens is 7. The Balaban J connectivity index is 0.000000153. The van der Waals surface area contributed by atoms with Crippen LogP contribution < -0.4 is 15.6 Å². The Hall–Kier alpha value is -10.5. The normalized spacial score (nSPS) is 12.1.